The molecule has 1 N–H and O–H groups in total. The van der Waals surface area contributed by atoms with Gasteiger partial charge in [-0.05, 0) is 50.1 Å². The minimum Gasteiger partial charge on any atom is -0.318 e. The second kappa shape index (κ2) is 5.98. The average molecular weight is 408 g/mol. The molecule has 2 rings (SSSR count). The normalized spacial score (nSPS) is 10.3. The number of carbonyl (C=O) groups is 1. The zero-order chi connectivity index (χ0) is 14.0. The molecular formula is C12H6Br2ClFN2O. The maximum atomic E-state index is 13.6. The number of halogens is 4. The van der Waals surface area contributed by atoms with E-state index in [-0.39, 0.29) is 16.4 Å². The number of pyridine rings is 1. The summed E-state index contributed by atoms with van der Waals surface area (Å²) in [6, 6.07) is 5.92. The van der Waals surface area contributed by atoms with Crippen molar-refractivity contribution in [3.8, 4) is 0 Å². The number of aromatic nitrogens is 1. The van der Waals surface area contributed by atoms with Crippen molar-refractivity contribution in [1.82, 2.24) is 4.98 Å². The van der Waals surface area contributed by atoms with Crippen molar-refractivity contribution in [3.05, 3.63) is 55.9 Å². The van der Waals surface area contributed by atoms with Gasteiger partial charge in [0, 0.05) is 15.1 Å². The minimum absolute atomic E-state index is 0.0492. The molecule has 19 heavy (non-hydrogen) atoms. The van der Waals surface area contributed by atoms with E-state index < -0.39 is 11.7 Å². The summed E-state index contributed by atoms with van der Waals surface area (Å²) >= 11 is 12.2. The Bertz CT molecular complexity index is 631. The van der Waals surface area contributed by atoms with Gasteiger partial charge in [0.2, 0.25) is 0 Å². The summed E-state index contributed by atoms with van der Waals surface area (Å²) in [4.78, 5) is 15.9. The Labute approximate surface area is 130 Å². The number of nitrogens with one attached hydrogen (secondary N) is 1. The molecule has 7 heteroatoms. The first-order valence-electron chi connectivity index (χ1n) is 5.05. The molecule has 1 amide bonds. The second-order valence-corrected chi connectivity index (χ2v) is 5.67. The second-order valence-electron chi connectivity index (χ2n) is 3.54. The Hall–Kier alpha value is -0.980. The number of carbonyl (C=O) groups excluding carboxylic acids is 1. The molecule has 3 nitrogen and oxygen atoms in total. The quantitative estimate of drug-likeness (QED) is 0.735. The summed E-state index contributed by atoms with van der Waals surface area (Å²) in [7, 11) is 0. The van der Waals surface area contributed by atoms with Crippen molar-refractivity contribution >= 4 is 55.1 Å². The van der Waals surface area contributed by atoms with E-state index in [1.807, 2.05) is 0 Å². The molecule has 0 saturated carbocycles. The fourth-order valence-electron chi connectivity index (χ4n) is 1.38. The van der Waals surface area contributed by atoms with Gasteiger partial charge in [-0.3, -0.25) is 4.79 Å². The van der Waals surface area contributed by atoms with Gasteiger partial charge in [-0.15, -0.1) is 0 Å². The van der Waals surface area contributed by atoms with Crippen LogP contribution < -0.4 is 5.32 Å². The molecule has 0 radical (unpaired) electrons. The molecule has 0 aliphatic heterocycles. The molecule has 0 bridgehead atoms. The highest BCUT2D eigenvalue weighted by molar-refractivity contribution is 9.10. The van der Waals surface area contributed by atoms with Crippen LogP contribution in [-0.4, -0.2) is 10.9 Å². The summed E-state index contributed by atoms with van der Waals surface area (Å²) in [6.07, 6.45) is 1.47. The van der Waals surface area contributed by atoms with Crippen LogP contribution in [0, 0.1) is 5.82 Å². The third-order valence-electron chi connectivity index (χ3n) is 2.25. The van der Waals surface area contributed by atoms with E-state index in [0.717, 1.165) is 0 Å². The summed E-state index contributed by atoms with van der Waals surface area (Å²) in [5.74, 6) is -1.08. The maximum Gasteiger partial charge on any atom is 0.258 e. The van der Waals surface area contributed by atoms with E-state index in [1.54, 1.807) is 6.07 Å². The number of amides is 1. The Morgan fingerprint density at radius 1 is 1.37 bits per heavy atom. The third kappa shape index (κ3) is 3.32. The predicted molar refractivity (Wildman–Crippen MR) is 79.0 cm³/mol. The van der Waals surface area contributed by atoms with E-state index in [1.165, 1.54) is 24.4 Å². The number of hydrogen-bond acceptors (Lipinski definition) is 2. The van der Waals surface area contributed by atoms with Gasteiger partial charge in [-0.2, -0.15) is 0 Å². The predicted octanol–water partition coefficient (Wildman–Crippen LogP) is 4.65. The molecule has 98 valence electrons. The Kier molecular flexibility index (Phi) is 4.54. The highest BCUT2D eigenvalue weighted by Crippen LogP contribution is 2.27. The van der Waals surface area contributed by atoms with E-state index in [0.29, 0.717) is 8.95 Å². The van der Waals surface area contributed by atoms with Gasteiger partial charge < -0.3 is 5.32 Å². The van der Waals surface area contributed by atoms with Crippen LogP contribution in [0.3, 0.4) is 0 Å². The van der Waals surface area contributed by atoms with Crippen LogP contribution in [0.1, 0.15) is 10.4 Å². The number of anilines is 1. The van der Waals surface area contributed by atoms with Crippen molar-refractivity contribution in [2.75, 3.05) is 5.32 Å². The number of hydrogen-bond donors (Lipinski definition) is 1. The van der Waals surface area contributed by atoms with Crippen molar-refractivity contribution in [2.24, 2.45) is 0 Å². The van der Waals surface area contributed by atoms with Crippen LogP contribution in [0.15, 0.2) is 39.4 Å². The standard InChI is InChI=1S/C12H6Br2ClFN2O/c13-6-4-7(11(15)17-5-6)12(19)18-10-8(14)2-1-3-9(10)16/h1-5H,(H,18,19). The van der Waals surface area contributed by atoms with E-state index in [9.17, 15) is 9.18 Å². The van der Waals surface area contributed by atoms with E-state index in [4.69, 9.17) is 11.6 Å². The van der Waals surface area contributed by atoms with Crippen LogP contribution in [0.5, 0.6) is 0 Å². The van der Waals surface area contributed by atoms with E-state index in [2.05, 4.69) is 42.2 Å². The molecule has 0 aliphatic rings. The van der Waals surface area contributed by atoms with Crippen LogP contribution >= 0.6 is 43.5 Å². The molecule has 0 atom stereocenters. The lowest BCUT2D eigenvalue weighted by atomic mass is 10.2. The fourth-order valence-corrected chi connectivity index (χ4v) is 2.34. The monoisotopic (exact) mass is 406 g/mol. The van der Waals surface area contributed by atoms with Crippen molar-refractivity contribution in [1.29, 1.82) is 0 Å². The smallest absolute Gasteiger partial charge is 0.258 e. The molecule has 0 fully saturated rings. The SMILES string of the molecule is O=C(Nc1c(F)cccc1Br)c1cc(Br)cnc1Cl. The van der Waals surface area contributed by atoms with Gasteiger partial charge in [-0.25, -0.2) is 9.37 Å². The third-order valence-corrected chi connectivity index (χ3v) is 3.65. The summed E-state index contributed by atoms with van der Waals surface area (Å²) in [6.45, 7) is 0. The number of benzene rings is 1. The largest absolute Gasteiger partial charge is 0.318 e. The molecule has 1 aromatic heterocycles. The highest BCUT2D eigenvalue weighted by atomic mass is 79.9. The van der Waals surface area contributed by atoms with Crippen molar-refractivity contribution in [3.63, 3.8) is 0 Å². The molecule has 1 aromatic carbocycles. The molecule has 0 spiro atoms. The summed E-state index contributed by atoms with van der Waals surface area (Å²) < 4.78 is 14.7. The molecule has 0 saturated heterocycles. The molecular weight excluding hydrogens is 402 g/mol. The molecule has 0 aliphatic carbocycles. The Morgan fingerprint density at radius 2 is 2.11 bits per heavy atom. The zero-order valence-electron chi connectivity index (χ0n) is 9.25. The van der Waals surface area contributed by atoms with Gasteiger partial charge >= 0.3 is 0 Å². The van der Waals surface area contributed by atoms with Crippen LogP contribution in [0.2, 0.25) is 5.15 Å². The first-order valence-corrected chi connectivity index (χ1v) is 7.02. The lowest BCUT2D eigenvalue weighted by Gasteiger charge is -2.09. The van der Waals surface area contributed by atoms with E-state index >= 15 is 0 Å². The fraction of sp³-hybridized carbons (Fsp3) is 0. The van der Waals surface area contributed by atoms with Gasteiger partial charge in [0.1, 0.15) is 11.0 Å². The molecule has 1 heterocycles. The first-order chi connectivity index (χ1) is 8.99. The Balaban J connectivity index is 2.34. The lowest BCUT2D eigenvalue weighted by Crippen LogP contribution is -2.14. The van der Waals surface area contributed by atoms with Gasteiger partial charge in [-0.1, -0.05) is 17.7 Å². The van der Waals surface area contributed by atoms with Crippen molar-refractivity contribution < 1.29 is 9.18 Å². The highest BCUT2D eigenvalue weighted by Gasteiger charge is 2.15. The maximum absolute atomic E-state index is 13.6. The number of para-hydroxylation sites is 1. The Morgan fingerprint density at radius 3 is 2.79 bits per heavy atom. The first kappa shape index (κ1) is 14.4. The van der Waals surface area contributed by atoms with Crippen LogP contribution in [0.4, 0.5) is 10.1 Å². The lowest BCUT2D eigenvalue weighted by molar-refractivity contribution is 0.102. The molecule has 0 unspecified atom stereocenters. The van der Waals surface area contributed by atoms with Gasteiger partial charge in [0.05, 0.1) is 11.3 Å². The van der Waals surface area contributed by atoms with Crippen LogP contribution in [0.25, 0.3) is 0 Å². The molecule has 2 aromatic rings. The summed E-state index contributed by atoms with van der Waals surface area (Å²) in [5, 5.41) is 2.51. The average Bonchev–Trinajstić information content (AvgIpc) is 2.37. The van der Waals surface area contributed by atoms with Crippen molar-refractivity contribution in [2.45, 2.75) is 0 Å². The number of rotatable bonds is 2. The van der Waals surface area contributed by atoms with Gasteiger partial charge in [0.15, 0.2) is 0 Å². The summed E-state index contributed by atoms with van der Waals surface area (Å²) in [5.41, 5.74) is 0.217. The number of nitrogens with zero attached hydrogens (tertiary/aromatic N) is 1. The van der Waals surface area contributed by atoms with Crippen LogP contribution in [-0.2, 0) is 0 Å². The van der Waals surface area contributed by atoms with Gasteiger partial charge in [0.25, 0.3) is 5.91 Å². The zero-order valence-corrected chi connectivity index (χ0v) is 13.2. The topological polar surface area (TPSA) is 42.0 Å². The minimum atomic E-state index is -0.540.